The minimum atomic E-state index is -0.833. The van der Waals surface area contributed by atoms with Gasteiger partial charge in [0.25, 0.3) is 0 Å². The Hall–Kier alpha value is -1.95. The average molecular weight is 386 g/mol. The van der Waals surface area contributed by atoms with Gasteiger partial charge in [-0.1, -0.05) is 55.8 Å². The van der Waals surface area contributed by atoms with Gasteiger partial charge in [0, 0.05) is 24.3 Å². The maximum absolute atomic E-state index is 11.5. The third-order valence-corrected chi connectivity index (χ3v) is 6.27. The maximum atomic E-state index is 11.5. The number of esters is 1. The van der Waals surface area contributed by atoms with Crippen molar-refractivity contribution in [2.24, 2.45) is 5.41 Å². The normalized spacial score (nSPS) is 31.8. The first-order valence-corrected chi connectivity index (χ1v) is 9.73. The van der Waals surface area contributed by atoms with E-state index < -0.39 is 29.5 Å². The molecule has 2 aliphatic rings. The minimum Gasteiger partial charge on any atom is -0.463 e. The Morgan fingerprint density at radius 3 is 2.64 bits per heavy atom. The molecule has 0 bridgehead atoms. The van der Waals surface area contributed by atoms with E-state index >= 15 is 0 Å². The molecule has 1 N–H and O–H groups in total. The van der Waals surface area contributed by atoms with Crippen LogP contribution in [0.25, 0.3) is 0 Å². The number of hydrogen-bond acceptors (Lipinski definition) is 5. The van der Waals surface area contributed by atoms with Crippen LogP contribution in [0.15, 0.2) is 54.1 Å². The highest BCUT2D eigenvalue weighted by atomic mass is 16.7. The lowest BCUT2D eigenvalue weighted by Gasteiger charge is -2.52. The minimum absolute atomic E-state index is 0.0786. The van der Waals surface area contributed by atoms with Crippen LogP contribution >= 0.6 is 0 Å². The molecule has 3 rings (SSSR count). The first-order chi connectivity index (χ1) is 13.2. The number of aliphatic hydroxyl groups excluding tert-OH is 1. The van der Waals surface area contributed by atoms with E-state index in [1.165, 1.54) is 6.92 Å². The number of ether oxygens (including phenoxy) is 3. The Morgan fingerprint density at radius 1 is 1.36 bits per heavy atom. The van der Waals surface area contributed by atoms with Crippen LogP contribution in [0.1, 0.15) is 52.4 Å². The largest absolute Gasteiger partial charge is 0.463 e. The van der Waals surface area contributed by atoms with Crippen molar-refractivity contribution in [1.82, 2.24) is 0 Å². The van der Waals surface area contributed by atoms with E-state index in [1.54, 1.807) is 0 Å². The first kappa shape index (κ1) is 20.8. The molecule has 0 saturated carbocycles. The van der Waals surface area contributed by atoms with E-state index in [4.69, 9.17) is 14.2 Å². The van der Waals surface area contributed by atoms with Gasteiger partial charge in [-0.05, 0) is 18.9 Å². The number of benzene rings is 1. The van der Waals surface area contributed by atoms with Crippen molar-refractivity contribution in [2.45, 2.75) is 64.6 Å². The van der Waals surface area contributed by atoms with Crippen LogP contribution in [0.2, 0.25) is 0 Å². The lowest BCUT2D eigenvalue weighted by Crippen LogP contribution is -2.59. The van der Waals surface area contributed by atoms with Gasteiger partial charge in [0.2, 0.25) is 0 Å². The van der Waals surface area contributed by atoms with Crippen LogP contribution in [-0.4, -0.2) is 35.5 Å². The predicted octanol–water partition coefficient (Wildman–Crippen LogP) is 4.09. The maximum Gasteiger partial charge on any atom is 0.302 e. The molecule has 0 amide bonds. The van der Waals surface area contributed by atoms with Crippen molar-refractivity contribution in [1.29, 1.82) is 0 Å². The van der Waals surface area contributed by atoms with Gasteiger partial charge in [-0.3, -0.25) is 4.79 Å². The highest BCUT2D eigenvalue weighted by molar-refractivity contribution is 5.65. The molecule has 1 aliphatic carbocycles. The molecule has 1 aromatic carbocycles. The molecule has 1 aromatic rings. The third kappa shape index (κ3) is 3.43. The molecule has 152 valence electrons. The summed E-state index contributed by atoms with van der Waals surface area (Å²) in [6, 6.07) is 9.70. The van der Waals surface area contributed by atoms with Crippen molar-refractivity contribution in [3.63, 3.8) is 0 Å². The van der Waals surface area contributed by atoms with Gasteiger partial charge >= 0.3 is 5.97 Å². The molecule has 1 saturated heterocycles. The third-order valence-electron chi connectivity index (χ3n) is 6.27. The first-order valence-electron chi connectivity index (χ1n) is 9.73. The van der Waals surface area contributed by atoms with Crippen LogP contribution in [0, 0.1) is 5.41 Å². The quantitative estimate of drug-likeness (QED) is 0.610. The summed E-state index contributed by atoms with van der Waals surface area (Å²) in [5.74, 6) is -0.367. The fourth-order valence-corrected chi connectivity index (χ4v) is 4.61. The lowest BCUT2D eigenvalue weighted by atomic mass is 9.59. The molecule has 1 heterocycles. The molecule has 0 radical (unpaired) electrons. The Balaban J connectivity index is 2.05. The standard InChI is InChI=1S/C23H30O5/c1-6-10-18-15(2)19(25)13-23(22(18,4)5)20(14-26-16(3)24)27-21(28-23)17-11-8-7-9-12-17/h6-9,11-12,19-21,25H,1,10,13-14H2,2-5H3/t19-,20+,21+,23-/m1/s1. The second-order valence-corrected chi connectivity index (χ2v) is 8.18. The Morgan fingerprint density at radius 2 is 2.04 bits per heavy atom. The fraction of sp³-hybridized carbons (Fsp3) is 0.522. The van der Waals surface area contributed by atoms with Crippen LogP contribution in [0.4, 0.5) is 0 Å². The summed E-state index contributed by atoms with van der Waals surface area (Å²) < 4.78 is 18.2. The van der Waals surface area contributed by atoms with Gasteiger partial charge in [-0.15, -0.1) is 6.58 Å². The molecular weight excluding hydrogens is 356 g/mol. The summed E-state index contributed by atoms with van der Waals surface area (Å²) in [6.07, 6.45) is 1.13. The number of rotatable bonds is 5. The van der Waals surface area contributed by atoms with Crippen LogP contribution in [-0.2, 0) is 19.0 Å². The number of hydrogen-bond donors (Lipinski definition) is 1. The van der Waals surface area contributed by atoms with Crippen LogP contribution < -0.4 is 0 Å². The Bertz CT molecular complexity index is 766. The molecule has 1 fully saturated rings. The summed E-state index contributed by atoms with van der Waals surface area (Å²) in [5.41, 5.74) is 1.66. The van der Waals surface area contributed by atoms with E-state index in [1.807, 2.05) is 43.3 Å². The zero-order chi connectivity index (χ0) is 20.5. The molecule has 1 aliphatic heterocycles. The fourth-order valence-electron chi connectivity index (χ4n) is 4.61. The summed E-state index contributed by atoms with van der Waals surface area (Å²) in [7, 11) is 0. The lowest BCUT2D eigenvalue weighted by molar-refractivity contribution is -0.153. The van der Waals surface area contributed by atoms with Gasteiger partial charge in [-0.2, -0.15) is 0 Å². The molecule has 5 heteroatoms. The van der Waals surface area contributed by atoms with Crippen molar-refractivity contribution in [2.75, 3.05) is 6.61 Å². The van der Waals surface area contributed by atoms with E-state index in [2.05, 4.69) is 20.4 Å². The highest BCUT2D eigenvalue weighted by Gasteiger charge is 2.62. The van der Waals surface area contributed by atoms with Crippen LogP contribution in [0.5, 0.6) is 0 Å². The zero-order valence-electron chi connectivity index (χ0n) is 17.1. The van der Waals surface area contributed by atoms with Crippen LogP contribution in [0.3, 0.4) is 0 Å². The highest BCUT2D eigenvalue weighted by Crippen LogP contribution is 2.58. The van der Waals surface area contributed by atoms with E-state index in [-0.39, 0.29) is 12.6 Å². The molecule has 28 heavy (non-hydrogen) atoms. The number of carbonyl (C=O) groups is 1. The molecule has 0 aromatic heterocycles. The molecular formula is C23H30O5. The average Bonchev–Trinajstić information content (AvgIpc) is 3.03. The molecule has 1 spiro atoms. The van der Waals surface area contributed by atoms with Crippen molar-refractivity contribution in [3.8, 4) is 0 Å². The number of aliphatic hydroxyl groups is 1. The molecule has 0 unspecified atom stereocenters. The smallest absolute Gasteiger partial charge is 0.302 e. The van der Waals surface area contributed by atoms with E-state index in [9.17, 15) is 9.90 Å². The second kappa shape index (κ2) is 7.82. The molecule has 5 nitrogen and oxygen atoms in total. The topological polar surface area (TPSA) is 65.0 Å². The number of allylic oxidation sites excluding steroid dienone is 1. The predicted molar refractivity (Wildman–Crippen MR) is 106 cm³/mol. The summed E-state index contributed by atoms with van der Waals surface area (Å²) >= 11 is 0. The van der Waals surface area contributed by atoms with Gasteiger partial charge in [0.1, 0.15) is 18.3 Å². The second-order valence-electron chi connectivity index (χ2n) is 8.18. The monoisotopic (exact) mass is 386 g/mol. The van der Waals surface area contributed by atoms with Gasteiger partial charge in [-0.25, -0.2) is 0 Å². The summed E-state index contributed by atoms with van der Waals surface area (Å²) in [4.78, 5) is 11.5. The van der Waals surface area contributed by atoms with Gasteiger partial charge in [0.05, 0.1) is 6.10 Å². The van der Waals surface area contributed by atoms with E-state index in [0.717, 1.165) is 16.7 Å². The van der Waals surface area contributed by atoms with Crippen molar-refractivity contribution >= 4 is 5.97 Å². The van der Waals surface area contributed by atoms with Gasteiger partial charge in [0.15, 0.2) is 6.29 Å². The SMILES string of the molecule is C=CCC1=C(C)[C@H](O)C[C@]2(O[C@@H](c3ccccc3)O[C@H]2COC(C)=O)C1(C)C. The molecule has 4 atom stereocenters. The Labute approximate surface area is 167 Å². The van der Waals surface area contributed by atoms with Crippen molar-refractivity contribution < 1.29 is 24.1 Å². The summed E-state index contributed by atoms with van der Waals surface area (Å²) in [6.45, 7) is 11.5. The summed E-state index contributed by atoms with van der Waals surface area (Å²) in [5, 5.41) is 10.8. The Kier molecular flexibility index (Phi) is 5.80. The number of carbonyl (C=O) groups excluding carboxylic acids is 1. The van der Waals surface area contributed by atoms with Gasteiger partial charge < -0.3 is 19.3 Å². The zero-order valence-corrected chi connectivity index (χ0v) is 17.1. The van der Waals surface area contributed by atoms with Crippen molar-refractivity contribution in [3.05, 3.63) is 59.7 Å². The van der Waals surface area contributed by atoms with E-state index in [0.29, 0.717) is 12.8 Å².